The molecule has 7 heteroatoms. The summed E-state index contributed by atoms with van der Waals surface area (Å²) in [6, 6.07) is 6.16. The molecule has 2 amide bonds. The van der Waals surface area contributed by atoms with E-state index in [1.165, 1.54) is 0 Å². The second-order valence-electron chi connectivity index (χ2n) is 6.77. The molecule has 2 fully saturated rings. The molecule has 4 rings (SSSR count). The SMILES string of the molecule is O=C1CSc2ccc([C@H]3CC(CNCC4CNC4)NC3=O)cc2N1. The highest BCUT2D eigenvalue weighted by Gasteiger charge is 2.33. The van der Waals surface area contributed by atoms with Crippen LogP contribution in [-0.4, -0.2) is 49.8 Å². The smallest absolute Gasteiger partial charge is 0.234 e. The molecule has 24 heavy (non-hydrogen) atoms. The Balaban J connectivity index is 1.38. The third-order valence-corrected chi connectivity index (χ3v) is 5.99. The standard InChI is InChI=1S/C17H22N4O2S/c22-16-9-24-15-2-1-11(3-14(15)21-16)13-4-12(20-17(13)23)8-19-7-10-5-18-6-10/h1-3,10,12-13,18-19H,4-9H2,(H,20,23)(H,21,22)/t12?,13-/m1/s1. The van der Waals surface area contributed by atoms with E-state index in [-0.39, 0.29) is 23.8 Å². The highest BCUT2D eigenvalue weighted by atomic mass is 32.2. The molecule has 4 N–H and O–H groups in total. The molecule has 0 bridgehead atoms. The number of rotatable bonds is 5. The van der Waals surface area contributed by atoms with Crippen LogP contribution in [0.4, 0.5) is 5.69 Å². The topological polar surface area (TPSA) is 82.3 Å². The van der Waals surface area contributed by atoms with E-state index in [2.05, 4.69) is 21.3 Å². The molecule has 0 saturated carbocycles. The minimum absolute atomic E-state index is 0.0214. The van der Waals surface area contributed by atoms with Crippen LogP contribution in [0, 0.1) is 5.92 Å². The molecule has 0 spiro atoms. The Kier molecular flexibility index (Phi) is 4.47. The Bertz CT molecular complexity index is 662. The Morgan fingerprint density at radius 3 is 2.88 bits per heavy atom. The van der Waals surface area contributed by atoms with Gasteiger partial charge in [-0.25, -0.2) is 0 Å². The van der Waals surface area contributed by atoms with Gasteiger partial charge in [0.15, 0.2) is 0 Å². The largest absolute Gasteiger partial charge is 0.352 e. The van der Waals surface area contributed by atoms with E-state index in [4.69, 9.17) is 0 Å². The molecule has 1 unspecified atom stereocenters. The highest BCUT2D eigenvalue weighted by molar-refractivity contribution is 8.00. The van der Waals surface area contributed by atoms with Gasteiger partial charge in [-0.1, -0.05) is 6.07 Å². The number of hydrogen-bond donors (Lipinski definition) is 4. The monoisotopic (exact) mass is 346 g/mol. The van der Waals surface area contributed by atoms with Crippen LogP contribution in [-0.2, 0) is 9.59 Å². The number of fused-ring (bicyclic) bond motifs is 1. The number of anilines is 1. The summed E-state index contributed by atoms with van der Waals surface area (Å²) >= 11 is 1.54. The van der Waals surface area contributed by atoms with Crippen LogP contribution >= 0.6 is 11.8 Å². The van der Waals surface area contributed by atoms with E-state index < -0.39 is 0 Å². The maximum absolute atomic E-state index is 12.3. The second kappa shape index (κ2) is 6.74. The van der Waals surface area contributed by atoms with Crippen molar-refractivity contribution in [3.8, 4) is 0 Å². The molecule has 0 aliphatic carbocycles. The quantitative estimate of drug-likeness (QED) is 0.625. The molecule has 2 atom stereocenters. The lowest BCUT2D eigenvalue weighted by Gasteiger charge is -2.27. The fourth-order valence-corrected chi connectivity index (χ4v) is 4.23. The maximum atomic E-state index is 12.3. The van der Waals surface area contributed by atoms with Crippen LogP contribution in [0.25, 0.3) is 0 Å². The van der Waals surface area contributed by atoms with Gasteiger partial charge in [-0.05, 0) is 30.0 Å². The predicted molar refractivity (Wildman–Crippen MR) is 94.3 cm³/mol. The summed E-state index contributed by atoms with van der Waals surface area (Å²) in [7, 11) is 0. The summed E-state index contributed by atoms with van der Waals surface area (Å²) in [5.74, 6) is 1.16. The van der Waals surface area contributed by atoms with Gasteiger partial charge in [0.2, 0.25) is 11.8 Å². The van der Waals surface area contributed by atoms with Crippen molar-refractivity contribution in [3.05, 3.63) is 23.8 Å². The molecule has 3 aliphatic heterocycles. The van der Waals surface area contributed by atoms with E-state index >= 15 is 0 Å². The van der Waals surface area contributed by atoms with Crippen molar-refractivity contribution in [2.45, 2.75) is 23.3 Å². The first kappa shape index (κ1) is 15.9. The lowest BCUT2D eigenvalue weighted by Crippen LogP contribution is -2.48. The summed E-state index contributed by atoms with van der Waals surface area (Å²) in [5, 5.41) is 12.7. The predicted octanol–water partition coefficient (Wildman–Crippen LogP) is 0.512. The van der Waals surface area contributed by atoms with Crippen LogP contribution in [0.1, 0.15) is 17.9 Å². The third-order valence-electron chi connectivity index (χ3n) is 4.91. The van der Waals surface area contributed by atoms with E-state index in [1.54, 1.807) is 11.8 Å². The maximum Gasteiger partial charge on any atom is 0.234 e. The molecule has 128 valence electrons. The van der Waals surface area contributed by atoms with E-state index in [0.717, 1.165) is 54.7 Å². The van der Waals surface area contributed by atoms with Crippen molar-refractivity contribution >= 4 is 29.3 Å². The van der Waals surface area contributed by atoms with Gasteiger partial charge >= 0.3 is 0 Å². The first-order chi connectivity index (χ1) is 11.7. The number of thioether (sulfide) groups is 1. The van der Waals surface area contributed by atoms with Gasteiger partial charge in [-0.2, -0.15) is 0 Å². The molecule has 6 nitrogen and oxygen atoms in total. The molecule has 1 aromatic carbocycles. The zero-order chi connectivity index (χ0) is 16.5. The first-order valence-corrected chi connectivity index (χ1v) is 9.46. The number of carbonyl (C=O) groups excluding carboxylic acids is 2. The molecule has 2 saturated heterocycles. The third kappa shape index (κ3) is 3.29. The fraction of sp³-hybridized carbons (Fsp3) is 0.529. The zero-order valence-corrected chi connectivity index (χ0v) is 14.2. The molecule has 3 heterocycles. The molecule has 1 aromatic rings. The van der Waals surface area contributed by atoms with Crippen LogP contribution in [0.5, 0.6) is 0 Å². The average Bonchev–Trinajstić information content (AvgIpc) is 2.90. The Morgan fingerprint density at radius 1 is 1.21 bits per heavy atom. The van der Waals surface area contributed by atoms with Gasteiger partial charge in [0, 0.05) is 37.1 Å². The number of amides is 2. The van der Waals surface area contributed by atoms with Gasteiger partial charge in [-0.3, -0.25) is 9.59 Å². The van der Waals surface area contributed by atoms with Crippen LogP contribution in [0.2, 0.25) is 0 Å². The second-order valence-corrected chi connectivity index (χ2v) is 7.79. The van der Waals surface area contributed by atoms with E-state index in [0.29, 0.717) is 5.75 Å². The summed E-state index contributed by atoms with van der Waals surface area (Å²) in [6.07, 6.45) is 0.800. The van der Waals surface area contributed by atoms with Crippen molar-refractivity contribution in [3.63, 3.8) is 0 Å². The molecular formula is C17H22N4O2S. The van der Waals surface area contributed by atoms with Gasteiger partial charge in [0.1, 0.15) is 0 Å². The van der Waals surface area contributed by atoms with Gasteiger partial charge in [0.05, 0.1) is 17.4 Å². The Labute approximate surface area is 145 Å². The fourth-order valence-electron chi connectivity index (χ4n) is 3.45. The number of hydrogen-bond acceptors (Lipinski definition) is 5. The average molecular weight is 346 g/mol. The minimum Gasteiger partial charge on any atom is -0.352 e. The lowest BCUT2D eigenvalue weighted by molar-refractivity contribution is -0.120. The normalized spacial score (nSPS) is 26.5. The number of nitrogens with one attached hydrogen (secondary N) is 4. The molecule has 3 aliphatic rings. The van der Waals surface area contributed by atoms with Crippen molar-refractivity contribution in [2.75, 3.05) is 37.2 Å². The Morgan fingerprint density at radius 2 is 2.08 bits per heavy atom. The van der Waals surface area contributed by atoms with Crippen LogP contribution < -0.4 is 21.3 Å². The van der Waals surface area contributed by atoms with E-state index in [1.807, 2.05) is 18.2 Å². The zero-order valence-electron chi connectivity index (χ0n) is 13.4. The number of carbonyl (C=O) groups is 2. The molecule has 0 aromatic heterocycles. The first-order valence-electron chi connectivity index (χ1n) is 8.47. The van der Waals surface area contributed by atoms with Crippen molar-refractivity contribution in [1.29, 1.82) is 0 Å². The summed E-state index contributed by atoms with van der Waals surface area (Å²) in [6.45, 7) is 4.00. The summed E-state index contributed by atoms with van der Waals surface area (Å²) < 4.78 is 0. The summed E-state index contributed by atoms with van der Waals surface area (Å²) in [4.78, 5) is 25.0. The summed E-state index contributed by atoms with van der Waals surface area (Å²) in [5.41, 5.74) is 1.82. The lowest BCUT2D eigenvalue weighted by atomic mass is 9.95. The highest BCUT2D eigenvalue weighted by Crippen LogP contribution is 2.36. The van der Waals surface area contributed by atoms with Gasteiger partial charge < -0.3 is 21.3 Å². The van der Waals surface area contributed by atoms with Crippen molar-refractivity contribution < 1.29 is 9.59 Å². The van der Waals surface area contributed by atoms with Gasteiger partial charge in [-0.15, -0.1) is 11.8 Å². The number of benzene rings is 1. The van der Waals surface area contributed by atoms with Crippen molar-refractivity contribution in [1.82, 2.24) is 16.0 Å². The van der Waals surface area contributed by atoms with E-state index in [9.17, 15) is 9.59 Å². The molecular weight excluding hydrogens is 324 g/mol. The van der Waals surface area contributed by atoms with Crippen molar-refractivity contribution in [2.24, 2.45) is 5.92 Å². The van der Waals surface area contributed by atoms with Gasteiger partial charge in [0.25, 0.3) is 0 Å². The minimum atomic E-state index is -0.128. The van der Waals surface area contributed by atoms with Crippen LogP contribution in [0.15, 0.2) is 23.1 Å². The van der Waals surface area contributed by atoms with Crippen LogP contribution in [0.3, 0.4) is 0 Å². The molecule has 0 radical (unpaired) electrons. The Hall–Kier alpha value is -1.57.